The van der Waals surface area contributed by atoms with Crippen LogP contribution in [0.1, 0.15) is 5.56 Å². The van der Waals surface area contributed by atoms with Crippen molar-refractivity contribution in [2.45, 2.75) is 12.5 Å². The van der Waals surface area contributed by atoms with Gasteiger partial charge in [0.25, 0.3) is 0 Å². The van der Waals surface area contributed by atoms with E-state index >= 15 is 0 Å². The van der Waals surface area contributed by atoms with E-state index in [1.54, 1.807) is 25.3 Å². The zero-order valence-corrected chi connectivity index (χ0v) is 12.1. The summed E-state index contributed by atoms with van der Waals surface area (Å²) in [7, 11) is 1.57. The summed E-state index contributed by atoms with van der Waals surface area (Å²) >= 11 is 5.99. The van der Waals surface area contributed by atoms with Crippen molar-refractivity contribution in [1.29, 1.82) is 0 Å². The second-order valence-corrected chi connectivity index (χ2v) is 5.10. The normalized spacial score (nSPS) is 17.7. The lowest BCUT2D eigenvalue weighted by molar-refractivity contribution is -0.145. The minimum atomic E-state index is -0.839. The van der Waals surface area contributed by atoms with Gasteiger partial charge in [-0.05, 0) is 23.8 Å². The highest BCUT2D eigenvalue weighted by molar-refractivity contribution is 6.30. The van der Waals surface area contributed by atoms with Crippen molar-refractivity contribution in [3.8, 4) is 5.75 Å². The SMILES string of the molecule is COc1ccc(Cl)cc1C[C@@H](C(=O)O)N1CCOCC1. The molecule has 0 amide bonds. The highest BCUT2D eigenvalue weighted by Crippen LogP contribution is 2.25. The molecule has 110 valence electrons. The number of hydrogen-bond donors (Lipinski definition) is 1. The van der Waals surface area contributed by atoms with E-state index in [4.69, 9.17) is 21.1 Å². The predicted octanol–water partition coefficient (Wildman–Crippen LogP) is 1.68. The molecule has 0 unspecified atom stereocenters. The van der Waals surface area contributed by atoms with Crippen LogP contribution in [0.3, 0.4) is 0 Å². The van der Waals surface area contributed by atoms with Crippen LogP contribution in [0.15, 0.2) is 18.2 Å². The minimum Gasteiger partial charge on any atom is -0.496 e. The molecule has 1 atom stereocenters. The summed E-state index contributed by atoms with van der Waals surface area (Å²) in [5.41, 5.74) is 0.805. The third-order valence-electron chi connectivity index (χ3n) is 3.43. The molecule has 20 heavy (non-hydrogen) atoms. The molecule has 1 heterocycles. The Morgan fingerprint density at radius 2 is 2.20 bits per heavy atom. The molecule has 0 spiro atoms. The molecule has 5 nitrogen and oxygen atoms in total. The fourth-order valence-corrected chi connectivity index (χ4v) is 2.57. The molecular formula is C14H18ClNO4. The van der Waals surface area contributed by atoms with Crippen LogP contribution < -0.4 is 4.74 Å². The largest absolute Gasteiger partial charge is 0.496 e. The van der Waals surface area contributed by atoms with Crippen molar-refractivity contribution in [1.82, 2.24) is 4.90 Å². The summed E-state index contributed by atoms with van der Waals surface area (Å²) in [5.74, 6) is -0.178. The molecule has 1 saturated heterocycles. The van der Waals surface area contributed by atoms with Crippen LogP contribution in [-0.4, -0.2) is 55.4 Å². The third-order valence-corrected chi connectivity index (χ3v) is 3.66. The van der Waals surface area contributed by atoms with E-state index < -0.39 is 12.0 Å². The Balaban J connectivity index is 2.19. The lowest BCUT2D eigenvalue weighted by atomic mass is 10.0. The summed E-state index contributed by atoms with van der Waals surface area (Å²) < 4.78 is 10.5. The second-order valence-electron chi connectivity index (χ2n) is 4.66. The van der Waals surface area contributed by atoms with E-state index in [-0.39, 0.29) is 0 Å². The van der Waals surface area contributed by atoms with Crippen LogP contribution in [0.5, 0.6) is 5.75 Å². The highest BCUT2D eigenvalue weighted by atomic mass is 35.5. The summed E-state index contributed by atoms with van der Waals surface area (Å²) in [6.07, 6.45) is 0.360. The topological polar surface area (TPSA) is 59.0 Å². The average molecular weight is 300 g/mol. The monoisotopic (exact) mass is 299 g/mol. The van der Waals surface area contributed by atoms with Crippen molar-refractivity contribution >= 4 is 17.6 Å². The van der Waals surface area contributed by atoms with E-state index in [0.717, 1.165) is 5.56 Å². The van der Waals surface area contributed by atoms with E-state index in [0.29, 0.717) is 43.5 Å². The smallest absolute Gasteiger partial charge is 0.321 e. The Hall–Kier alpha value is -1.30. The van der Waals surface area contributed by atoms with E-state index in [1.807, 2.05) is 4.90 Å². The first-order valence-electron chi connectivity index (χ1n) is 6.49. The van der Waals surface area contributed by atoms with Gasteiger partial charge in [0.1, 0.15) is 11.8 Å². The van der Waals surface area contributed by atoms with Gasteiger partial charge in [-0.1, -0.05) is 11.6 Å². The Morgan fingerprint density at radius 1 is 1.50 bits per heavy atom. The van der Waals surface area contributed by atoms with Gasteiger partial charge in [0, 0.05) is 24.5 Å². The summed E-state index contributed by atoms with van der Waals surface area (Å²) in [4.78, 5) is 13.5. The molecule has 0 saturated carbocycles. The molecule has 0 aromatic heterocycles. The summed E-state index contributed by atoms with van der Waals surface area (Å²) in [5, 5.41) is 10.0. The predicted molar refractivity (Wildman–Crippen MR) is 75.5 cm³/mol. The standard InChI is InChI=1S/C14H18ClNO4/c1-19-13-3-2-11(15)8-10(13)9-12(14(17)18)16-4-6-20-7-5-16/h2-3,8,12H,4-7,9H2,1H3,(H,17,18)/t12-/m0/s1. The number of ether oxygens (including phenoxy) is 2. The lowest BCUT2D eigenvalue weighted by Gasteiger charge is -2.32. The molecule has 0 radical (unpaired) electrons. The van der Waals surface area contributed by atoms with Crippen LogP contribution in [0.2, 0.25) is 5.02 Å². The first-order valence-corrected chi connectivity index (χ1v) is 6.86. The van der Waals surface area contributed by atoms with Crippen LogP contribution in [0.4, 0.5) is 0 Å². The van der Waals surface area contributed by atoms with Crippen LogP contribution in [-0.2, 0) is 16.0 Å². The van der Waals surface area contributed by atoms with Crippen molar-refractivity contribution in [3.63, 3.8) is 0 Å². The number of benzene rings is 1. The van der Waals surface area contributed by atoms with Crippen molar-refractivity contribution in [3.05, 3.63) is 28.8 Å². The maximum absolute atomic E-state index is 11.5. The molecule has 1 fully saturated rings. The zero-order chi connectivity index (χ0) is 14.5. The number of hydrogen-bond acceptors (Lipinski definition) is 4. The molecule has 0 bridgehead atoms. The van der Waals surface area contributed by atoms with E-state index in [1.165, 1.54) is 0 Å². The van der Waals surface area contributed by atoms with Gasteiger partial charge < -0.3 is 14.6 Å². The molecule has 6 heteroatoms. The van der Waals surface area contributed by atoms with Crippen LogP contribution in [0, 0.1) is 0 Å². The molecule has 2 rings (SSSR count). The van der Waals surface area contributed by atoms with Gasteiger partial charge in [-0.3, -0.25) is 9.69 Å². The molecule has 1 N–H and O–H groups in total. The average Bonchev–Trinajstić information content (AvgIpc) is 2.45. The van der Waals surface area contributed by atoms with Gasteiger partial charge in [-0.2, -0.15) is 0 Å². The minimum absolute atomic E-state index is 0.360. The lowest BCUT2D eigenvalue weighted by Crippen LogP contribution is -2.48. The van der Waals surface area contributed by atoms with Gasteiger partial charge in [-0.25, -0.2) is 0 Å². The van der Waals surface area contributed by atoms with Crippen molar-refractivity contribution in [2.24, 2.45) is 0 Å². The zero-order valence-electron chi connectivity index (χ0n) is 11.3. The number of carboxylic acid groups (broad SMARTS) is 1. The third kappa shape index (κ3) is 3.62. The van der Waals surface area contributed by atoms with Gasteiger partial charge in [0.05, 0.1) is 20.3 Å². The Bertz CT molecular complexity index is 474. The van der Waals surface area contributed by atoms with E-state index in [9.17, 15) is 9.90 Å². The summed E-state index contributed by atoms with van der Waals surface area (Å²) in [6, 6.07) is 4.66. The Labute approximate surface area is 123 Å². The van der Waals surface area contributed by atoms with Crippen LogP contribution in [0.25, 0.3) is 0 Å². The number of carbonyl (C=O) groups is 1. The first kappa shape index (κ1) is 15.1. The van der Waals surface area contributed by atoms with Gasteiger partial charge in [0.15, 0.2) is 0 Å². The van der Waals surface area contributed by atoms with Crippen LogP contribution >= 0.6 is 11.6 Å². The fraction of sp³-hybridized carbons (Fsp3) is 0.500. The first-order chi connectivity index (χ1) is 9.61. The molecule has 1 aromatic carbocycles. The number of morpholine rings is 1. The number of rotatable bonds is 5. The van der Waals surface area contributed by atoms with Crippen molar-refractivity contribution < 1.29 is 19.4 Å². The second kappa shape index (κ2) is 6.92. The molecule has 0 aliphatic carbocycles. The maximum Gasteiger partial charge on any atom is 0.321 e. The molecule has 1 aliphatic heterocycles. The number of halogens is 1. The van der Waals surface area contributed by atoms with E-state index in [2.05, 4.69) is 0 Å². The Kier molecular flexibility index (Phi) is 5.23. The van der Waals surface area contributed by atoms with Gasteiger partial charge >= 0.3 is 5.97 Å². The maximum atomic E-state index is 11.5. The van der Waals surface area contributed by atoms with Crippen molar-refractivity contribution in [2.75, 3.05) is 33.4 Å². The van der Waals surface area contributed by atoms with Gasteiger partial charge in [-0.15, -0.1) is 0 Å². The quantitative estimate of drug-likeness (QED) is 0.896. The Morgan fingerprint density at radius 3 is 2.80 bits per heavy atom. The molecule has 1 aliphatic rings. The fourth-order valence-electron chi connectivity index (χ4n) is 2.38. The van der Waals surface area contributed by atoms with Gasteiger partial charge in [0.2, 0.25) is 0 Å². The molecule has 1 aromatic rings. The number of carboxylic acids is 1. The number of methoxy groups -OCH3 is 1. The number of aliphatic carboxylic acids is 1. The number of nitrogens with zero attached hydrogens (tertiary/aromatic N) is 1. The molecular weight excluding hydrogens is 282 g/mol. The highest BCUT2D eigenvalue weighted by Gasteiger charge is 2.28. The summed E-state index contributed by atoms with van der Waals surface area (Å²) in [6.45, 7) is 2.38.